The molecule has 27 heavy (non-hydrogen) atoms. The molecule has 0 aliphatic rings. The number of benzene rings is 1. The van der Waals surface area contributed by atoms with E-state index in [0.29, 0.717) is 17.4 Å². The lowest BCUT2D eigenvalue weighted by Crippen LogP contribution is -2.33. The number of alkyl halides is 1. The first-order valence-corrected chi connectivity index (χ1v) is 9.19. The monoisotopic (exact) mass is 386 g/mol. The summed E-state index contributed by atoms with van der Waals surface area (Å²) in [6, 6.07) is 9.57. The van der Waals surface area contributed by atoms with Gasteiger partial charge in [-0.1, -0.05) is 12.1 Å². The summed E-state index contributed by atoms with van der Waals surface area (Å²) in [6.07, 6.45) is 0. The molecule has 142 valence electrons. The van der Waals surface area contributed by atoms with Crippen molar-refractivity contribution in [3.8, 4) is 11.6 Å². The van der Waals surface area contributed by atoms with Crippen LogP contribution in [0, 0.1) is 19.3 Å². The first-order chi connectivity index (χ1) is 12.8. The maximum Gasteiger partial charge on any atom is 0.232 e. The Balaban J connectivity index is 2.11. The third kappa shape index (κ3) is 3.62. The van der Waals surface area contributed by atoms with Crippen LogP contribution in [0.4, 0.5) is 5.82 Å². The van der Waals surface area contributed by atoms with Crippen molar-refractivity contribution < 1.29 is 9.53 Å². The van der Waals surface area contributed by atoms with E-state index in [1.807, 2.05) is 44.2 Å². The Kier molecular flexibility index (Phi) is 5.11. The summed E-state index contributed by atoms with van der Waals surface area (Å²) in [6.45, 7) is 7.48. The number of fused-ring (bicyclic) bond motifs is 1. The van der Waals surface area contributed by atoms with Crippen LogP contribution in [0.2, 0.25) is 0 Å². The molecule has 0 spiro atoms. The number of nitrogens with zero attached hydrogens (tertiary/aromatic N) is 3. The number of hydrogen-bond donors (Lipinski definition) is 1. The summed E-state index contributed by atoms with van der Waals surface area (Å²) in [7, 11) is 1.62. The third-order valence-electron chi connectivity index (χ3n) is 4.45. The van der Waals surface area contributed by atoms with Gasteiger partial charge in [-0.2, -0.15) is 9.78 Å². The quantitative estimate of drug-likeness (QED) is 0.665. The Labute approximate surface area is 163 Å². The first-order valence-electron chi connectivity index (χ1n) is 8.65. The van der Waals surface area contributed by atoms with Crippen molar-refractivity contribution in [1.82, 2.24) is 14.8 Å². The molecule has 3 aromatic rings. The molecule has 2 heterocycles. The summed E-state index contributed by atoms with van der Waals surface area (Å²) < 4.78 is 7.09. The highest BCUT2D eigenvalue weighted by atomic mass is 35.5. The number of aryl methyl sites for hydroxylation is 2. The number of methoxy groups -OCH3 is 1. The average molecular weight is 387 g/mol. The molecule has 0 saturated carbocycles. The Morgan fingerprint density at radius 3 is 2.70 bits per heavy atom. The van der Waals surface area contributed by atoms with Gasteiger partial charge in [-0.05, 0) is 45.4 Å². The Bertz CT molecular complexity index is 1010. The lowest BCUT2D eigenvalue weighted by Gasteiger charge is -2.20. The number of nitrogens with one attached hydrogen (secondary N) is 1. The van der Waals surface area contributed by atoms with Crippen LogP contribution >= 0.6 is 11.6 Å². The maximum absolute atomic E-state index is 12.6. The number of halogens is 1. The summed E-state index contributed by atoms with van der Waals surface area (Å²) in [4.78, 5) is 17.3. The Morgan fingerprint density at radius 2 is 2.04 bits per heavy atom. The van der Waals surface area contributed by atoms with Crippen molar-refractivity contribution in [3.05, 3.63) is 41.6 Å². The Hall–Kier alpha value is -2.60. The van der Waals surface area contributed by atoms with E-state index < -0.39 is 5.41 Å². The summed E-state index contributed by atoms with van der Waals surface area (Å²) in [5.74, 6) is 1.90. The van der Waals surface area contributed by atoms with E-state index >= 15 is 0 Å². The molecule has 6 nitrogen and oxygen atoms in total. The zero-order valence-electron chi connectivity index (χ0n) is 16.1. The van der Waals surface area contributed by atoms with E-state index in [1.54, 1.807) is 25.6 Å². The average Bonchev–Trinajstić information content (AvgIpc) is 3.01. The van der Waals surface area contributed by atoms with Gasteiger partial charge in [0.05, 0.1) is 18.2 Å². The van der Waals surface area contributed by atoms with Crippen LogP contribution in [0.3, 0.4) is 0 Å². The predicted molar refractivity (Wildman–Crippen MR) is 108 cm³/mol. The summed E-state index contributed by atoms with van der Waals surface area (Å²) in [5.41, 5.74) is 1.87. The molecule has 0 saturated heterocycles. The molecule has 0 radical (unpaired) electrons. The fourth-order valence-corrected chi connectivity index (χ4v) is 2.88. The molecule has 0 aliphatic heterocycles. The van der Waals surface area contributed by atoms with Crippen molar-refractivity contribution in [2.45, 2.75) is 27.7 Å². The number of carbonyl (C=O) groups is 1. The van der Waals surface area contributed by atoms with Gasteiger partial charge in [0.1, 0.15) is 17.1 Å². The smallest absolute Gasteiger partial charge is 0.232 e. The summed E-state index contributed by atoms with van der Waals surface area (Å²) in [5, 5.41) is 8.44. The van der Waals surface area contributed by atoms with Crippen LogP contribution < -0.4 is 10.1 Å². The van der Waals surface area contributed by atoms with Crippen molar-refractivity contribution in [1.29, 1.82) is 0 Å². The minimum absolute atomic E-state index is 0.172. The van der Waals surface area contributed by atoms with E-state index in [9.17, 15) is 4.79 Å². The number of para-hydroxylation sites is 1. The molecule has 3 rings (SSSR count). The van der Waals surface area contributed by atoms with Gasteiger partial charge in [-0.3, -0.25) is 4.79 Å². The molecule has 0 aliphatic carbocycles. The van der Waals surface area contributed by atoms with Gasteiger partial charge < -0.3 is 10.1 Å². The van der Waals surface area contributed by atoms with Gasteiger partial charge in [0.25, 0.3) is 0 Å². The van der Waals surface area contributed by atoms with E-state index in [0.717, 1.165) is 22.2 Å². The molecule has 1 amide bonds. The number of rotatable bonds is 5. The van der Waals surface area contributed by atoms with Crippen molar-refractivity contribution >= 4 is 34.2 Å². The third-order valence-corrected chi connectivity index (χ3v) is 5.12. The van der Waals surface area contributed by atoms with E-state index in [1.165, 1.54) is 0 Å². The van der Waals surface area contributed by atoms with Gasteiger partial charge in [-0.15, -0.1) is 11.6 Å². The molecule has 1 N–H and O–H groups in total. The molecule has 7 heteroatoms. The van der Waals surface area contributed by atoms with Crippen molar-refractivity contribution in [3.63, 3.8) is 0 Å². The molecular formula is C20H23ClN4O2. The lowest BCUT2D eigenvalue weighted by molar-refractivity contribution is -0.123. The molecule has 0 bridgehead atoms. The minimum atomic E-state index is -0.694. The van der Waals surface area contributed by atoms with E-state index in [-0.39, 0.29) is 11.8 Å². The van der Waals surface area contributed by atoms with E-state index in [2.05, 4.69) is 10.4 Å². The number of carbonyl (C=O) groups excluding carboxylic acids is 1. The van der Waals surface area contributed by atoms with Crippen LogP contribution in [0.5, 0.6) is 5.75 Å². The number of amides is 1. The fraction of sp³-hybridized carbons (Fsp3) is 0.350. The van der Waals surface area contributed by atoms with Gasteiger partial charge >= 0.3 is 0 Å². The number of anilines is 1. The SMILES string of the molecule is COc1cccc2c(C)cc(-n3nc(C)cc3NC(=O)C(C)(C)CCl)nc12. The van der Waals surface area contributed by atoms with Gasteiger partial charge in [0.2, 0.25) is 5.91 Å². The Morgan fingerprint density at radius 1 is 1.30 bits per heavy atom. The highest BCUT2D eigenvalue weighted by Gasteiger charge is 2.28. The molecule has 1 aromatic carbocycles. The zero-order valence-corrected chi connectivity index (χ0v) is 16.9. The highest BCUT2D eigenvalue weighted by molar-refractivity contribution is 6.20. The number of ether oxygens (including phenoxy) is 1. The molecule has 0 unspecified atom stereocenters. The maximum atomic E-state index is 12.6. The second-order valence-corrected chi connectivity index (χ2v) is 7.48. The standard InChI is InChI=1S/C20H23ClN4O2/c1-12-9-16(22-18-14(12)7-6-8-15(18)27-5)25-17(10-13(2)24-25)23-19(26)20(3,4)11-21/h6-10H,11H2,1-5H3,(H,23,26). The second-order valence-electron chi connectivity index (χ2n) is 7.21. The first kappa shape index (κ1) is 19.2. The van der Waals surface area contributed by atoms with Crippen LogP contribution in [-0.4, -0.2) is 33.7 Å². The second kappa shape index (κ2) is 7.19. The molecular weight excluding hydrogens is 364 g/mol. The van der Waals surface area contributed by atoms with Crippen molar-refractivity contribution in [2.24, 2.45) is 5.41 Å². The van der Waals surface area contributed by atoms with Crippen molar-refractivity contribution in [2.75, 3.05) is 18.3 Å². The summed E-state index contributed by atoms with van der Waals surface area (Å²) >= 11 is 5.93. The van der Waals surface area contributed by atoms with Gasteiger partial charge in [0.15, 0.2) is 5.82 Å². The predicted octanol–water partition coefficient (Wildman–Crippen LogP) is 4.25. The fourth-order valence-electron chi connectivity index (χ4n) is 2.76. The number of aromatic nitrogens is 3. The highest BCUT2D eigenvalue weighted by Crippen LogP contribution is 2.29. The van der Waals surface area contributed by atoms with Gasteiger partial charge in [-0.25, -0.2) is 4.98 Å². The van der Waals surface area contributed by atoms with Crippen LogP contribution in [-0.2, 0) is 4.79 Å². The largest absolute Gasteiger partial charge is 0.494 e. The topological polar surface area (TPSA) is 69.0 Å². The number of pyridine rings is 1. The number of hydrogen-bond acceptors (Lipinski definition) is 4. The molecule has 2 aromatic heterocycles. The van der Waals surface area contributed by atoms with Crippen LogP contribution in [0.15, 0.2) is 30.3 Å². The van der Waals surface area contributed by atoms with Crippen LogP contribution in [0.25, 0.3) is 16.7 Å². The molecule has 0 atom stereocenters. The van der Waals surface area contributed by atoms with Crippen LogP contribution in [0.1, 0.15) is 25.1 Å². The van der Waals surface area contributed by atoms with E-state index in [4.69, 9.17) is 21.3 Å². The molecule has 0 fully saturated rings. The normalized spacial score (nSPS) is 11.6. The minimum Gasteiger partial charge on any atom is -0.494 e. The lowest BCUT2D eigenvalue weighted by atomic mass is 9.95. The zero-order chi connectivity index (χ0) is 19.8. The van der Waals surface area contributed by atoms with Gasteiger partial charge in [0, 0.05) is 17.3 Å².